The number of rotatable bonds is 2. The molecule has 0 fully saturated rings. The molecule has 0 bridgehead atoms. The summed E-state index contributed by atoms with van der Waals surface area (Å²) in [6.07, 6.45) is 0.432. The Balaban J connectivity index is 2.30. The fourth-order valence-corrected chi connectivity index (χ4v) is 1.59. The van der Waals surface area contributed by atoms with E-state index in [0.29, 0.717) is 17.7 Å². The Morgan fingerprint density at radius 3 is 2.44 bits per heavy atom. The fraction of sp³-hybridized carbons (Fsp3) is 0.0769. The summed E-state index contributed by atoms with van der Waals surface area (Å²) >= 11 is 0. The number of halogens is 2. The number of nitrogens with two attached hydrogens (primary N) is 1. The van der Waals surface area contributed by atoms with Gasteiger partial charge in [-0.3, -0.25) is 0 Å². The molecule has 2 aromatic carbocycles. The van der Waals surface area contributed by atoms with E-state index >= 15 is 0 Å². The third kappa shape index (κ3) is 2.37. The summed E-state index contributed by atoms with van der Waals surface area (Å²) in [5.41, 5.74) is 7.68. The molecule has 16 heavy (non-hydrogen) atoms. The Morgan fingerprint density at radius 2 is 1.69 bits per heavy atom. The van der Waals surface area contributed by atoms with Gasteiger partial charge < -0.3 is 5.73 Å². The smallest absolute Gasteiger partial charge is 0.123 e. The van der Waals surface area contributed by atoms with Gasteiger partial charge in [-0.2, -0.15) is 0 Å². The molecule has 2 rings (SSSR count). The fourth-order valence-electron chi connectivity index (χ4n) is 1.59. The highest BCUT2D eigenvalue weighted by molar-refractivity contribution is 5.48. The third-order valence-corrected chi connectivity index (χ3v) is 2.39. The van der Waals surface area contributed by atoms with Crippen molar-refractivity contribution in [2.45, 2.75) is 6.42 Å². The average molecular weight is 219 g/mol. The Kier molecular flexibility index (Phi) is 2.86. The molecule has 0 unspecified atom stereocenters. The first kappa shape index (κ1) is 10.6. The van der Waals surface area contributed by atoms with Crippen molar-refractivity contribution in [2.75, 3.05) is 5.73 Å². The monoisotopic (exact) mass is 219 g/mol. The summed E-state index contributed by atoms with van der Waals surface area (Å²) in [6.45, 7) is 0. The SMILES string of the molecule is Nc1ccc(F)cc1Cc1cccc(F)c1. The standard InChI is InChI=1S/C13H11F2N/c14-11-3-1-2-9(7-11)6-10-8-12(15)4-5-13(10)16/h1-5,7-8H,6,16H2. The quantitative estimate of drug-likeness (QED) is 0.771. The van der Waals surface area contributed by atoms with E-state index < -0.39 is 0 Å². The zero-order chi connectivity index (χ0) is 11.5. The van der Waals surface area contributed by atoms with Gasteiger partial charge in [-0.15, -0.1) is 0 Å². The largest absolute Gasteiger partial charge is 0.398 e. The number of anilines is 1. The van der Waals surface area contributed by atoms with Crippen LogP contribution < -0.4 is 5.73 Å². The minimum Gasteiger partial charge on any atom is -0.398 e. The van der Waals surface area contributed by atoms with E-state index in [2.05, 4.69) is 0 Å². The number of nitrogen functional groups attached to an aromatic ring is 1. The van der Waals surface area contributed by atoms with E-state index in [9.17, 15) is 8.78 Å². The summed E-state index contributed by atoms with van der Waals surface area (Å²) in [7, 11) is 0. The van der Waals surface area contributed by atoms with E-state index in [1.165, 1.54) is 30.3 Å². The summed E-state index contributed by atoms with van der Waals surface area (Å²) in [5, 5.41) is 0. The van der Waals surface area contributed by atoms with E-state index in [1.54, 1.807) is 12.1 Å². The molecule has 0 saturated heterocycles. The Labute approximate surface area is 92.5 Å². The molecule has 0 spiro atoms. The number of hydrogen-bond donors (Lipinski definition) is 1. The van der Waals surface area contributed by atoms with E-state index in [0.717, 1.165) is 5.56 Å². The molecule has 0 atom stereocenters. The zero-order valence-electron chi connectivity index (χ0n) is 8.58. The molecule has 0 aliphatic rings. The average Bonchev–Trinajstić information content (AvgIpc) is 2.24. The van der Waals surface area contributed by atoms with Crippen molar-refractivity contribution in [3.05, 3.63) is 65.2 Å². The van der Waals surface area contributed by atoms with Crippen molar-refractivity contribution >= 4 is 5.69 Å². The van der Waals surface area contributed by atoms with Crippen LogP contribution in [0.3, 0.4) is 0 Å². The maximum absolute atomic E-state index is 13.0. The van der Waals surface area contributed by atoms with Gasteiger partial charge in [-0.05, 0) is 47.9 Å². The van der Waals surface area contributed by atoms with E-state index in [4.69, 9.17) is 5.73 Å². The van der Waals surface area contributed by atoms with Gasteiger partial charge in [-0.1, -0.05) is 12.1 Å². The highest BCUT2D eigenvalue weighted by Gasteiger charge is 2.03. The number of hydrogen-bond acceptors (Lipinski definition) is 1. The predicted molar refractivity (Wildman–Crippen MR) is 60.0 cm³/mol. The van der Waals surface area contributed by atoms with Crippen molar-refractivity contribution < 1.29 is 8.78 Å². The molecular weight excluding hydrogens is 208 g/mol. The van der Waals surface area contributed by atoms with Gasteiger partial charge in [0.2, 0.25) is 0 Å². The van der Waals surface area contributed by atoms with Crippen molar-refractivity contribution in [2.24, 2.45) is 0 Å². The van der Waals surface area contributed by atoms with Crippen LogP contribution in [0.2, 0.25) is 0 Å². The van der Waals surface area contributed by atoms with Crippen LogP contribution in [0.5, 0.6) is 0 Å². The molecule has 0 radical (unpaired) electrons. The van der Waals surface area contributed by atoms with Gasteiger partial charge in [0.25, 0.3) is 0 Å². The minimum atomic E-state index is -0.333. The lowest BCUT2D eigenvalue weighted by molar-refractivity contribution is 0.624. The molecule has 3 heteroatoms. The first-order chi connectivity index (χ1) is 7.65. The van der Waals surface area contributed by atoms with Gasteiger partial charge in [0.15, 0.2) is 0 Å². The third-order valence-electron chi connectivity index (χ3n) is 2.39. The van der Waals surface area contributed by atoms with Crippen LogP contribution in [0, 0.1) is 11.6 Å². The van der Waals surface area contributed by atoms with E-state index in [-0.39, 0.29) is 11.6 Å². The molecule has 82 valence electrons. The Morgan fingerprint density at radius 1 is 0.938 bits per heavy atom. The Bertz CT molecular complexity index is 509. The molecule has 0 aliphatic carbocycles. The second kappa shape index (κ2) is 4.31. The maximum atomic E-state index is 13.0. The molecule has 0 amide bonds. The second-order valence-corrected chi connectivity index (χ2v) is 3.65. The first-order valence-corrected chi connectivity index (χ1v) is 4.93. The molecule has 2 N–H and O–H groups in total. The van der Waals surface area contributed by atoms with Crippen molar-refractivity contribution in [1.29, 1.82) is 0 Å². The normalized spacial score (nSPS) is 10.4. The molecule has 2 aromatic rings. The summed E-state index contributed by atoms with van der Waals surface area (Å²) in [6, 6.07) is 10.4. The lowest BCUT2D eigenvalue weighted by Crippen LogP contribution is -1.97. The Hall–Kier alpha value is -1.90. The van der Waals surface area contributed by atoms with Gasteiger partial charge >= 0.3 is 0 Å². The predicted octanol–water partition coefficient (Wildman–Crippen LogP) is 3.14. The molecular formula is C13H11F2N. The lowest BCUT2D eigenvalue weighted by Gasteiger charge is -2.06. The highest BCUT2D eigenvalue weighted by atomic mass is 19.1. The van der Waals surface area contributed by atoms with Gasteiger partial charge in [0.05, 0.1) is 0 Å². The van der Waals surface area contributed by atoms with Gasteiger partial charge in [0, 0.05) is 5.69 Å². The summed E-state index contributed by atoms with van der Waals surface area (Å²) < 4.78 is 25.9. The summed E-state index contributed by atoms with van der Waals surface area (Å²) in [4.78, 5) is 0. The molecule has 0 aromatic heterocycles. The minimum absolute atomic E-state index is 0.299. The van der Waals surface area contributed by atoms with Crippen LogP contribution in [0.4, 0.5) is 14.5 Å². The van der Waals surface area contributed by atoms with Gasteiger partial charge in [0.1, 0.15) is 11.6 Å². The zero-order valence-corrected chi connectivity index (χ0v) is 8.58. The van der Waals surface area contributed by atoms with Gasteiger partial charge in [-0.25, -0.2) is 8.78 Å². The van der Waals surface area contributed by atoms with Crippen LogP contribution in [0.15, 0.2) is 42.5 Å². The van der Waals surface area contributed by atoms with Crippen LogP contribution in [-0.4, -0.2) is 0 Å². The summed E-state index contributed by atoms with van der Waals surface area (Å²) in [5.74, 6) is -0.631. The van der Waals surface area contributed by atoms with Crippen molar-refractivity contribution in [3.63, 3.8) is 0 Å². The first-order valence-electron chi connectivity index (χ1n) is 4.93. The van der Waals surface area contributed by atoms with Crippen LogP contribution in [-0.2, 0) is 6.42 Å². The lowest BCUT2D eigenvalue weighted by atomic mass is 10.0. The van der Waals surface area contributed by atoms with Crippen molar-refractivity contribution in [3.8, 4) is 0 Å². The van der Waals surface area contributed by atoms with Crippen molar-refractivity contribution in [1.82, 2.24) is 0 Å². The highest BCUT2D eigenvalue weighted by Crippen LogP contribution is 2.18. The number of benzene rings is 2. The molecule has 0 heterocycles. The van der Waals surface area contributed by atoms with Crippen LogP contribution >= 0.6 is 0 Å². The van der Waals surface area contributed by atoms with Crippen LogP contribution in [0.25, 0.3) is 0 Å². The topological polar surface area (TPSA) is 26.0 Å². The van der Waals surface area contributed by atoms with Crippen LogP contribution in [0.1, 0.15) is 11.1 Å². The molecule has 1 nitrogen and oxygen atoms in total. The van der Waals surface area contributed by atoms with E-state index in [1.807, 2.05) is 0 Å². The molecule has 0 saturated carbocycles. The molecule has 0 aliphatic heterocycles. The second-order valence-electron chi connectivity index (χ2n) is 3.65. The maximum Gasteiger partial charge on any atom is 0.123 e.